The van der Waals surface area contributed by atoms with Gasteiger partial charge in [-0.05, 0) is 65.3 Å². The summed E-state index contributed by atoms with van der Waals surface area (Å²) in [4.78, 5) is 1.33. The van der Waals surface area contributed by atoms with Crippen LogP contribution in [0.1, 0.15) is 41.0 Å². The number of aromatic nitrogens is 4. The average molecular weight is 388 g/mol. The number of benzene rings is 2. The number of halogens is 3. The van der Waals surface area contributed by atoms with Crippen molar-refractivity contribution >= 4 is 0 Å². The molecule has 0 atom stereocenters. The summed E-state index contributed by atoms with van der Waals surface area (Å²) >= 11 is 0. The molecule has 0 bridgehead atoms. The molecule has 1 aliphatic carbocycles. The summed E-state index contributed by atoms with van der Waals surface area (Å²) in [7, 11) is 0. The Labute approximate surface area is 159 Å². The summed E-state index contributed by atoms with van der Waals surface area (Å²) in [5.41, 5.74) is 3.08. The predicted molar refractivity (Wildman–Crippen MR) is 96.6 cm³/mol. The van der Waals surface area contributed by atoms with Crippen molar-refractivity contribution in [3.8, 4) is 11.4 Å². The van der Waals surface area contributed by atoms with Crippen molar-refractivity contribution in [1.82, 2.24) is 20.2 Å². The van der Waals surface area contributed by atoms with Crippen LogP contribution in [0.3, 0.4) is 0 Å². The Bertz CT molecular complexity index is 962. The monoisotopic (exact) mass is 388 g/mol. The van der Waals surface area contributed by atoms with Crippen LogP contribution in [0, 0.1) is 0 Å². The maximum atomic E-state index is 12.8. The number of aliphatic hydroxyl groups is 1. The molecule has 1 fully saturated rings. The highest BCUT2D eigenvalue weighted by Crippen LogP contribution is 2.41. The maximum absolute atomic E-state index is 12.8. The van der Waals surface area contributed by atoms with E-state index in [4.69, 9.17) is 5.11 Å². The third kappa shape index (κ3) is 4.06. The van der Waals surface area contributed by atoms with E-state index in [0.29, 0.717) is 18.2 Å². The first-order chi connectivity index (χ1) is 13.4. The fourth-order valence-electron chi connectivity index (χ4n) is 3.19. The molecule has 0 saturated heterocycles. The summed E-state index contributed by atoms with van der Waals surface area (Å²) in [5, 5.41) is 21.4. The molecule has 28 heavy (non-hydrogen) atoms. The zero-order chi connectivity index (χ0) is 19.7. The molecule has 3 aromatic rings. The van der Waals surface area contributed by atoms with Gasteiger partial charge in [0.1, 0.15) is 0 Å². The van der Waals surface area contributed by atoms with E-state index < -0.39 is 11.7 Å². The molecular formula is C20H19F3N4O. The highest BCUT2D eigenvalue weighted by atomic mass is 19.4. The lowest BCUT2D eigenvalue weighted by molar-refractivity contribution is -0.137. The minimum absolute atomic E-state index is 0.0870. The molecule has 1 saturated carbocycles. The Hall–Kier alpha value is -2.74. The third-order valence-corrected chi connectivity index (χ3v) is 4.85. The fourth-order valence-corrected chi connectivity index (χ4v) is 3.19. The molecule has 1 heterocycles. The summed E-state index contributed by atoms with van der Waals surface area (Å²) in [6.07, 6.45) is -1.57. The number of nitrogens with zero attached hydrogens (tertiary/aromatic N) is 4. The second kappa shape index (κ2) is 7.35. The van der Waals surface area contributed by atoms with Crippen molar-refractivity contribution in [2.45, 2.75) is 37.9 Å². The standard InChI is InChI=1S/C20H19F3N4O/c21-20(22,23)17-7-1-13(2-8-17)11-16-6-5-15(14-3-4-14)12-18(16)19-24-26-27(25-19)9-10-28/h1-2,5-8,12,14,28H,3-4,9-11H2. The molecule has 0 radical (unpaired) electrons. The number of alkyl halides is 3. The van der Waals surface area contributed by atoms with Crippen molar-refractivity contribution in [3.63, 3.8) is 0 Å². The van der Waals surface area contributed by atoms with Gasteiger partial charge in [0.25, 0.3) is 0 Å². The molecule has 0 unspecified atom stereocenters. The molecule has 146 valence electrons. The van der Waals surface area contributed by atoms with Crippen molar-refractivity contribution in [1.29, 1.82) is 0 Å². The Morgan fingerprint density at radius 3 is 2.46 bits per heavy atom. The van der Waals surface area contributed by atoms with Crippen LogP contribution in [0.15, 0.2) is 42.5 Å². The zero-order valence-corrected chi connectivity index (χ0v) is 15.0. The Kier molecular flexibility index (Phi) is 4.89. The van der Waals surface area contributed by atoms with E-state index >= 15 is 0 Å². The van der Waals surface area contributed by atoms with Gasteiger partial charge in [0.05, 0.1) is 18.7 Å². The smallest absolute Gasteiger partial charge is 0.394 e. The first kappa shape index (κ1) is 18.6. The van der Waals surface area contributed by atoms with Gasteiger partial charge in [0.15, 0.2) is 0 Å². The van der Waals surface area contributed by atoms with Gasteiger partial charge in [-0.1, -0.05) is 24.3 Å². The van der Waals surface area contributed by atoms with Crippen LogP contribution in [0.25, 0.3) is 11.4 Å². The fraction of sp³-hybridized carbons (Fsp3) is 0.350. The normalized spacial score (nSPS) is 14.4. The first-order valence-corrected chi connectivity index (χ1v) is 9.12. The number of aliphatic hydroxyl groups excluding tert-OH is 1. The van der Waals surface area contributed by atoms with Crippen LogP contribution >= 0.6 is 0 Å². The minimum Gasteiger partial charge on any atom is -0.394 e. The van der Waals surface area contributed by atoms with E-state index in [1.807, 2.05) is 6.07 Å². The van der Waals surface area contributed by atoms with Crippen LogP contribution in [0.2, 0.25) is 0 Å². The lowest BCUT2D eigenvalue weighted by atomic mass is 9.95. The summed E-state index contributed by atoms with van der Waals surface area (Å²) in [5.74, 6) is 1.00. The van der Waals surface area contributed by atoms with E-state index in [-0.39, 0.29) is 13.2 Å². The van der Waals surface area contributed by atoms with Crippen LogP contribution in [0.5, 0.6) is 0 Å². The molecule has 8 heteroatoms. The van der Waals surface area contributed by atoms with Gasteiger partial charge in [-0.15, -0.1) is 10.2 Å². The van der Waals surface area contributed by atoms with E-state index in [9.17, 15) is 13.2 Å². The lowest BCUT2D eigenvalue weighted by Gasteiger charge is -2.11. The van der Waals surface area contributed by atoms with E-state index in [0.717, 1.165) is 41.7 Å². The van der Waals surface area contributed by atoms with Crippen molar-refractivity contribution < 1.29 is 18.3 Å². The average Bonchev–Trinajstić information content (AvgIpc) is 3.41. The van der Waals surface area contributed by atoms with Gasteiger partial charge in [0, 0.05) is 5.56 Å². The van der Waals surface area contributed by atoms with Gasteiger partial charge in [-0.2, -0.15) is 18.0 Å². The number of hydrogen-bond acceptors (Lipinski definition) is 4. The second-order valence-electron chi connectivity index (χ2n) is 6.99. The predicted octanol–water partition coefficient (Wildman–Crippen LogP) is 3.82. The minimum atomic E-state index is -4.34. The maximum Gasteiger partial charge on any atom is 0.416 e. The molecule has 0 spiro atoms. The van der Waals surface area contributed by atoms with E-state index in [1.54, 1.807) is 0 Å². The van der Waals surface area contributed by atoms with Crippen LogP contribution < -0.4 is 0 Å². The van der Waals surface area contributed by atoms with Gasteiger partial charge in [0.2, 0.25) is 5.82 Å². The summed E-state index contributed by atoms with van der Waals surface area (Å²) in [6.45, 7) is 0.167. The largest absolute Gasteiger partial charge is 0.416 e. The Balaban J connectivity index is 1.65. The van der Waals surface area contributed by atoms with Crippen molar-refractivity contribution in [2.24, 2.45) is 0 Å². The molecule has 0 amide bonds. The van der Waals surface area contributed by atoms with E-state index in [1.165, 1.54) is 22.5 Å². The summed E-state index contributed by atoms with van der Waals surface area (Å²) in [6, 6.07) is 11.3. The molecular weight excluding hydrogens is 369 g/mol. The second-order valence-corrected chi connectivity index (χ2v) is 6.99. The Morgan fingerprint density at radius 1 is 1.07 bits per heavy atom. The van der Waals surface area contributed by atoms with Crippen LogP contribution in [0.4, 0.5) is 13.2 Å². The van der Waals surface area contributed by atoms with Gasteiger partial charge >= 0.3 is 6.18 Å². The van der Waals surface area contributed by atoms with Crippen LogP contribution in [-0.2, 0) is 19.1 Å². The first-order valence-electron chi connectivity index (χ1n) is 9.12. The van der Waals surface area contributed by atoms with Crippen LogP contribution in [-0.4, -0.2) is 31.9 Å². The van der Waals surface area contributed by atoms with Crippen molar-refractivity contribution in [2.75, 3.05) is 6.61 Å². The molecule has 5 nitrogen and oxygen atoms in total. The van der Waals surface area contributed by atoms with Gasteiger partial charge in [-0.3, -0.25) is 0 Å². The van der Waals surface area contributed by atoms with Gasteiger partial charge in [-0.25, -0.2) is 0 Å². The highest BCUT2D eigenvalue weighted by Gasteiger charge is 2.30. The highest BCUT2D eigenvalue weighted by molar-refractivity contribution is 5.62. The Morgan fingerprint density at radius 2 is 1.82 bits per heavy atom. The molecule has 4 rings (SSSR count). The number of hydrogen-bond donors (Lipinski definition) is 1. The van der Waals surface area contributed by atoms with E-state index in [2.05, 4.69) is 27.5 Å². The quantitative estimate of drug-likeness (QED) is 0.697. The number of tetrazole rings is 1. The third-order valence-electron chi connectivity index (χ3n) is 4.85. The number of rotatable bonds is 6. The lowest BCUT2D eigenvalue weighted by Crippen LogP contribution is -2.06. The SMILES string of the molecule is OCCn1nnc(-c2cc(C3CC3)ccc2Cc2ccc(C(F)(F)F)cc2)n1. The zero-order valence-electron chi connectivity index (χ0n) is 15.0. The topological polar surface area (TPSA) is 63.8 Å². The molecule has 0 aliphatic heterocycles. The molecule has 2 aromatic carbocycles. The van der Waals surface area contributed by atoms with Crippen molar-refractivity contribution in [3.05, 3.63) is 64.7 Å². The molecule has 1 aliphatic rings. The molecule has 1 N–H and O–H groups in total. The summed E-state index contributed by atoms with van der Waals surface area (Å²) < 4.78 is 38.3. The molecule has 1 aromatic heterocycles. The van der Waals surface area contributed by atoms with Gasteiger partial charge < -0.3 is 5.11 Å².